The molecule has 0 bridgehead atoms. The molecule has 6 heteroatoms. The van der Waals surface area contributed by atoms with Gasteiger partial charge >= 0.3 is 0 Å². The molecule has 0 saturated carbocycles. The van der Waals surface area contributed by atoms with Crippen LogP contribution in [0.4, 0.5) is 4.39 Å². The van der Waals surface area contributed by atoms with Crippen molar-refractivity contribution in [1.29, 1.82) is 0 Å². The topological polar surface area (TPSA) is 67.2 Å². The molecule has 1 unspecified atom stereocenters. The summed E-state index contributed by atoms with van der Waals surface area (Å²) in [4.78, 5) is 11.9. The predicted octanol–water partition coefficient (Wildman–Crippen LogP) is 1.97. The van der Waals surface area contributed by atoms with Crippen LogP contribution in [0, 0.1) is 5.82 Å². The normalized spacial score (nSPS) is 12.3. The zero-order chi connectivity index (χ0) is 15.4. The average Bonchev–Trinajstić information content (AvgIpc) is 2.47. The molecule has 1 aromatic carbocycles. The fourth-order valence-corrected chi connectivity index (χ4v) is 1.79. The molecular formula is C15H18FN3O2. The summed E-state index contributed by atoms with van der Waals surface area (Å²) in [6.45, 7) is 4.42. The van der Waals surface area contributed by atoms with E-state index in [1.54, 1.807) is 0 Å². The minimum atomic E-state index is -0.466. The number of aromatic nitrogens is 2. The van der Waals surface area contributed by atoms with E-state index in [9.17, 15) is 14.3 Å². The Hall–Kier alpha value is -2.21. The third-order valence-electron chi connectivity index (χ3n) is 3.29. The lowest BCUT2D eigenvalue weighted by Crippen LogP contribution is -2.28. The molecule has 1 atom stereocenters. The van der Waals surface area contributed by atoms with Gasteiger partial charge in [0.1, 0.15) is 17.3 Å². The van der Waals surface area contributed by atoms with Crippen molar-refractivity contribution >= 4 is 0 Å². The first-order valence-electron chi connectivity index (χ1n) is 6.82. The first-order valence-corrected chi connectivity index (χ1v) is 6.82. The standard InChI is InChI=1S/C15H18FN3O2/c1-3-10(2)17-9-13-14(20)8-15(21)19(18-13)12-6-4-11(16)5-7-12/h4-8,10,17,20H,3,9H2,1-2H3. The molecular weight excluding hydrogens is 273 g/mol. The van der Waals surface area contributed by atoms with Crippen LogP contribution in [-0.4, -0.2) is 20.9 Å². The molecule has 0 aliphatic carbocycles. The third-order valence-corrected chi connectivity index (χ3v) is 3.29. The monoisotopic (exact) mass is 291 g/mol. The van der Waals surface area contributed by atoms with Crippen molar-refractivity contribution in [2.45, 2.75) is 32.9 Å². The van der Waals surface area contributed by atoms with Gasteiger partial charge in [0.05, 0.1) is 5.69 Å². The third kappa shape index (κ3) is 3.66. The Balaban J connectivity index is 2.34. The van der Waals surface area contributed by atoms with Gasteiger partial charge in [-0.25, -0.2) is 4.39 Å². The second kappa shape index (κ2) is 6.49. The van der Waals surface area contributed by atoms with Crippen LogP contribution in [0.5, 0.6) is 5.75 Å². The Morgan fingerprint density at radius 2 is 2.05 bits per heavy atom. The van der Waals surface area contributed by atoms with Gasteiger partial charge in [-0.3, -0.25) is 4.79 Å². The van der Waals surface area contributed by atoms with Crippen LogP contribution in [0.2, 0.25) is 0 Å². The summed E-state index contributed by atoms with van der Waals surface area (Å²) >= 11 is 0. The maximum Gasteiger partial charge on any atom is 0.275 e. The van der Waals surface area contributed by atoms with Crippen LogP contribution in [-0.2, 0) is 6.54 Å². The maximum absolute atomic E-state index is 12.9. The van der Waals surface area contributed by atoms with E-state index in [0.717, 1.165) is 17.2 Å². The molecule has 2 N–H and O–H groups in total. The highest BCUT2D eigenvalue weighted by atomic mass is 19.1. The van der Waals surface area contributed by atoms with Gasteiger partial charge in [-0.2, -0.15) is 9.78 Å². The lowest BCUT2D eigenvalue weighted by Gasteiger charge is -2.13. The van der Waals surface area contributed by atoms with Gasteiger partial charge in [0, 0.05) is 18.7 Å². The molecule has 2 rings (SSSR count). The zero-order valence-electron chi connectivity index (χ0n) is 12.0. The lowest BCUT2D eigenvalue weighted by molar-refractivity contribution is 0.443. The van der Waals surface area contributed by atoms with Crippen molar-refractivity contribution in [3.63, 3.8) is 0 Å². The second-order valence-corrected chi connectivity index (χ2v) is 4.89. The Bertz CT molecular complexity index is 668. The van der Waals surface area contributed by atoms with E-state index in [4.69, 9.17) is 0 Å². The number of nitrogens with zero attached hydrogens (tertiary/aromatic N) is 2. The van der Waals surface area contributed by atoms with Gasteiger partial charge in [0.25, 0.3) is 5.56 Å². The Morgan fingerprint density at radius 3 is 2.67 bits per heavy atom. The van der Waals surface area contributed by atoms with Crippen molar-refractivity contribution < 1.29 is 9.50 Å². The van der Waals surface area contributed by atoms with E-state index >= 15 is 0 Å². The molecule has 21 heavy (non-hydrogen) atoms. The van der Waals surface area contributed by atoms with Gasteiger partial charge in [0.2, 0.25) is 0 Å². The van der Waals surface area contributed by atoms with Crippen LogP contribution in [0.1, 0.15) is 26.0 Å². The van der Waals surface area contributed by atoms with Gasteiger partial charge in [0.15, 0.2) is 0 Å². The fraction of sp³-hybridized carbons (Fsp3) is 0.333. The van der Waals surface area contributed by atoms with Crippen LogP contribution in [0.15, 0.2) is 35.1 Å². The van der Waals surface area contributed by atoms with Gasteiger partial charge < -0.3 is 10.4 Å². The molecule has 0 aliphatic heterocycles. The van der Waals surface area contributed by atoms with Crippen molar-refractivity contribution in [3.05, 3.63) is 52.2 Å². The van der Waals surface area contributed by atoms with Crippen molar-refractivity contribution in [2.24, 2.45) is 0 Å². The quantitative estimate of drug-likeness (QED) is 0.884. The summed E-state index contributed by atoms with van der Waals surface area (Å²) in [5.41, 5.74) is 0.358. The van der Waals surface area contributed by atoms with Gasteiger partial charge in [-0.15, -0.1) is 0 Å². The number of aromatic hydroxyl groups is 1. The molecule has 0 spiro atoms. The van der Waals surface area contributed by atoms with E-state index in [2.05, 4.69) is 10.4 Å². The van der Waals surface area contributed by atoms with Crippen LogP contribution in [0.3, 0.4) is 0 Å². The lowest BCUT2D eigenvalue weighted by atomic mass is 10.2. The molecule has 112 valence electrons. The summed E-state index contributed by atoms with van der Waals surface area (Å²) < 4.78 is 14.1. The van der Waals surface area contributed by atoms with Gasteiger partial charge in [-0.1, -0.05) is 6.92 Å². The molecule has 0 saturated heterocycles. The number of benzene rings is 1. The molecule has 0 fully saturated rings. The maximum atomic E-state index is 12.9. The molecule has 1 heterocycles. The Morgan fingerprint density at radius 1 is 1.38 bits per heavy atom. The average molecular weight is 291 g/mol. The summed E-state index contributed by atoms with van der Waals surface area (Å²) in [5, 5.41) is 17.2. The number of nitrogens with one attached hydrogen (secondary N) is 1. The fourth-order valence-electron chi connectivity index (χ4n) is 1.79. The summed E-state index contributed by atoms with van der Waals surface area (Å²) in [5.74, 6) is -0.529. The highest BCUT2D eigenvalue weighted by Gasteiger charge is 2.10. The second-order valence-electron chi connectivity index (χ2n) is 4.89. The Labute approximate surface area is 122 Å². The van der Waals surface area contributed by atoms with Crippen molar-refractivity contribution in [1.82, 2.24) is 15.1 Å². The van der Waals surface area contributed by atoms with E-state index < -0.39 is 5.56 Å². The van der Waals surface area contributed by atoms with Crippen LogP contribution < -0.4 is 10.9 Å². The number of hydrogen-bond acceptors (Lipinski definition) is 4. The zero-order valence-corrected chi connectivity index (χ0v) is 12.0. The van der Waals surface area contributed by atoms with Gasteiger partial charge in [-0.05, 0) is 37.6 Å². The molecule has 1 aromatic heterocycles. The van der Waals surface area contributed by atoms with E-state index in [0.29, 0.717) is 17.9 Å². The molecule has 0 radical (unpaired) electrons. The molecule has 2 aromatic rings. The summed E-state index contributed by atoms with van der Waals surface area (Å²) in [6.07, 6.45) is 0.943. The van der Waals surface area contributed by atoms with Crippen molar-refractivity contribution in [3.8, 4) is 11.4 Å². The van der Waals surface area contributed by atoms with Crippen molar-refractivity contribution in [2.75, 3.05) is 0 Å². The first kappa shape index (κ1) is 15.2. The Kier molecular flexibility index (Phi) is 4.70. The smallest absolute Gasteiger partial charge is 0.275 e. The first-order chi connectivity index (χ1) is 10.0. The summed E-state index contributed by atoms with van der Waals surface area (Å²) in [6, 6.07) is 6.83. The number of halogens is 1. The molecule has 0 amide bonds. The number of hydrogen-bond donors (Lipinski definition) is 2. The number of rotatable bonds is 5. The van der Waals surface area contributed by atoms with Crippen LogP contribution in [0.25, 0.3) is 5.69 Å². The van der Waals surface area contributed by atoms with E-state index in [1.165, 1.54) is 24.3 Å². The minimum Gasteiger partial charge on any atom is -0.506 e. The molecule has 5 nitrogen and oxygen atoms in total. The highest BCUT2D eigenvalue weighted by Crippen LogP contribution is 2.13. The largest absolute Gasteiger partial charge is 0.506 e. The highest BCUT2D eigenvalue weighted by molar-refractivity contribution is 5.33. The van der Waals surface area contributed by atoms with Crippen LogP contribution >= 0.6 is 0 Å². The SMILES string of the molecule is CCC(C)NCc1nn(-c2ccc(F)cc2)c(=O)cc1O. The summed E-state index contributed by atoms with van der Waals surface area (Å²) in [7, 11) is 0. The molecule has 0 aliphatic rings. The minimum absolute atomic E-state index is 0.144. The predicted molar refractivity (Wildman–Crippen MR) is 78.0 cm³/mol. The van der Waals surface area contributed by atoms with E-state index in [-0.39, 0.29) is 17.6 Å². The van der Waals surface area contributed by atoms with E-state index in [1.807, 2.05) is 13.8 Å².